The molecule has 1 fully saturated rings. The Morgan fingerprint density at radius 1 is 0.941 bits per heavy atom. The van der Waals surface area contributed by atoms with Gasteiger partial charge in [0.1, 0.15) is 5.75 Å². The van der Waals surface area contributed by atoms with Crippen molar-refractivity contribution < 1.29 is 28.6 Å². The molecule has 182 valence electrons. The first-order chi connectivity index (χ1) is 16.4. The largest absolute Gasteiger partial charge is 0.497 e. The van der Waals surface area contributed by atoms with Crippen molar-refractivity contribution in [3.63, 3.8) is 0 Å². The molecule has 11 nitrogen and oxygen atoms in total. The lowest BCUT2D eigenvalue weighted by Gasteiger charge is -2.29. The molecule has 0 saturated carbocycles. The Labute approximate surface area is 197 Å². The van der Waals surface area contributed by atoms with Gasteiger partial charge in [-0.1, -0.05) is 0 Å². The third kappa shape index (κ3) is 5.31. The van der Waals surface area contributed by atoms with Crippen LogP contribution in [0.3, 0.4) is 0 Å². The van der Waals surface area contributed by atoms with Crippen molar-refractivity contribution in [2.75, 3.05) is 52.8 Å². The summed E-state index contributed by atoms with van der Waals surface area (Å²) in [7, 11) is 4.51. The van der Waals surface area contributed by atoms with Gasteiger partial charge in [0.05, 0.1) is 21.3 Å². The molecule has 1 atom stereocenters. The fraction of sp³-hybridized carbons (Fsp3) is 0.348. The quantitative estimate of drug-likeness (QED) is 0.525. The van der Waals surface area contributed by atoms with E-state index in [2.05, 4.69) is 10.6 Å². The van der Waals surface area contributed by atoms with E-state index >= 15 is 0 Å². The van der Waals surface area contributed by atoms with Crippen molar-refractivity contribution in [3.8, 4) is 17.2 Å². The van der Waals surface area contributed by atoms with Crippen molar-refractivity contribution in [1.29, 1.82) is 0 Å². The van der Waals surface area contributed by atoms with Gasteiger partial charge in [-0.25, -0.2) is 4.79 Å². The molecular formula is C23H29N5O6. The first kappa shape index (κ1) is 24.6. The van der Waals surface area contributed by atoms with Crippen LogP contribution in [0, 0.1) is 0 Å². The third-order valence-electron chi connectivity index (χ3n) is 5.34. The second-order valence-electron chi connectivity index (χ2n) is 7.37. The Morgan fingerprint density at radius 2 is 1.62 bits per heavy atom. The number of rotatable bonds is 8. The SMILES string of the molecule is COc1ccc(NC(=O)N2CCN(C(=O)c3ccc(OC)c(OC)c3)C2C(=O)NCCN)cc1. The lowest BCUT2D eigenvalue weighted by molar-refractivity contribution is -0.127. The number of carbonyl (C=O) groups excluding carboxylic acids is 3. The minimum atomic E-state index is -1.15. The topological polar surface area (TPSA) is 135 Å². The predicted octanol–water partition coefficient (Wildman–Crippen LogP) is 1.10. The zero-order chi connectivity index (χ0) is 24.7. The number of anilines is 1. The molecule has 2 aromatic carbocycles. The molecule has 4 amide bonds. The molecule has 0 aromatic heterocycles. The van der Waals surface area contributed by atoms with Crippen molar-refractivity contribution in [2.24, 2.45) is 5.73 Å². The van der Waals surface area contributed by atoms with Gasteiger partial charge in [-0.3, -0.25) is 14.5 Å². The zero-order valence-corrected chi connectivity index (χ0v) is 19.4. The van der Waals surface area contributed by atoms with Crippen LogP contribution in [0.4, 0.5) is 10.5 Å². The third-order valence-corrected chi connectivity index (χ3v) is 5.34. The molecule has 0 radical (unpaired) electrons. The summed E-state index contributed by atoms with van der Waals surface area (Å²) < 4.78 is 15.6. The summed E-state index contributed by atoms with van der Waals surface area (Å²) in [6.07, 6.45) is -1.15. The monoisotopic (exact) mass is 471 g/mol. The lowest BCUT2D eigenvalue weighted by Crippen LogP contribution is -2.55. The van der Waals surface area contributed by atoms with Gasteiger partial charge in [-0.15, -0.1) is 0 Å². The summed E-state index contributed by atoms with van der Waals surface area (Å²) in [6.45, 7) is 0.771. The summed E-state index contributed by atoms with van der Waals surface area (Å²) in [4.78, 5) is 42.0. The van der Waals surface area contributed by atoms with Crippen LogP contribution in [0.5, 0.6) is 17.2 Å². The molecule has 4 N–H and O–H groups in total. The zero-order valence-electron chi connectivity index (χ0n) is 19.4. The smallest absolute Gasteiger partial charge is 0.323 e. The Bertz CT molecular complexity index is 1030. The Balaban J connectivity index is 1.84. The van der Waals surface area contributed by atoms with E-state index in [4.69, 9.17) is 19.9 Å². The fourth-order valence-electron chi connectivity index (χ4n) is 3.63. The highest BCUT2D eigenvalue weighted by Crippen LogP contribution is 2.29. The highest BCUT2D eigenvalue weighted by molar-refractivity contribution is 6.01. The van der Waals surface area contributed by atoms with E-state index in [-0.39, 0.29) is 26.2 Å². The van der Waals surface area contributed by atoms with E-state index in [1.54, 1.807) is 43.5 Å². The summed E-state index contributed by atoms with van der Waals surface area (Å²) in [5, 5.41) is 5.44. The van der Waals surface area contributed by atoms with Gasteiger partial charge in [-0.05, 0) is 42.5 Å². The van der Waals surface area contributed by atoms with Crippen molar-refractivity contribution in [1.82, 2.24) is 15.1 Å². The normalized spacial score (nSPS) is 15.0. The van der Waals surface area contributed by atoms with Gasteiger partial charge < -0.3 is 35.5 Å². The van der Waals surface area contributed by atoms with Gasteiger partial charge in [-0.2, -0.15) is 0 Å². The van der Waals surface area contributed by atoms with Crippen LogP contribution in [0.25, 0.3) is 0 Å². The first-order valence-corrected chi connectivity index (χ1v) is 10.7. The van der Waals surface area contributed by atoms with E-state index in [1.807, 2.05) is 0 Å². The molecule has 1 unspecified atom stereocenters. The number of amides is 4. The molecule has 11 heteroatoms. The molecule has 2 aromatic rings. The number of methoxy groups -OCH3 is 3. The number of hydrogen-bond acceptors (Lipinski definition) is 7. The number of nitrogens with zero attached hydrogens (tertiary/aromatic N) is 2. The highest BCUT2D eigenvalue weighted by Gasteiger charge is 2.43. The molecule has 1 aliphatic heterocycles. The predicted molar refractivity (Wildman–Crippen MR) is 125 cm³/mol. The Morgan fingerprint density at radius 3 is 2.24 bits per heavy atom. The number of benzene rings is 2. The van der Waals surface area contributed by atoms with E-state index in [0.717, 1.165) is 0 Å². The molecule has 3 rings (SSSR count). The average molecular weight is 472 g/mol. The summed E-state index contributed by atoms with van der Waals surface area (Å²) in [5.41, 5.74) is 6.34. The van der Waals surface area contributed by atoms with Crippen LogP contribution >= 0.6 is 0 Å². The Hall–Kier alpha value is -3.99. The number of nitrogens with one attached hydrogen (secondary N) is 2. The van der Waals surface area contributed by atoms with Crippen molar-refractivity contribution in [2.45, 2.75) is 6.17 Å². The minimum absolute atomic E-state index is 0.168. The second kappa shape index (κ2) is 11.2. The van der Waals surface area contributed by atoms with Crippen LogP contribution in [-0.2, 0) is 4.79 Å². The number of urea groups is 1. The lowest BCUT2D eigenvalue weighted by atomic mass is 10.1. The second-order valence-corrected chi connectivity index (χ2v) is 7.37. The number of hydrogen-bond donors (Lipinski definition) is 3. The van der Waals surface area contributed by atoms with Gasteiger partial charge in [0.25, 0.3) is 11.8 Å². The fourth-order valence-corrected chi connectivity index (χ4v) is 3.63. The summed E-state index contributed by atoms with van der Waals surface area (Å²) in [5.74, 6) is 0.573. The van der Waals surface area contributed by atoms with Crippen LogP contribution in [-0.4, -0.2) is 81.3 Å². The number of nitrogens with two attached hydrogens (primary N) is 1. The van der Waals surface area contributed by atoms with E-state index in [1.165, 1.54) is 30.1 Å². The van der Waals surface area contributed by atoms with Gasteiger partial charge in [0, 0.05) is 37.4 Å². The molecule has 0 spiro atoms. The minimum Gasteiger partial charge on any atom is -0.497 e. The molecule has 1 aliphatic rings. The molecule has 0 aliphatic carbocycles. The molecular weight excluding hydrogens is 442 g/mol. The molecule has 34 heavy (non-hydrogen) atoms. The standard InChI is InChI=1S/C23H29N5O6/c1-32-17-7-5-16(6-8-17)26-23(31)28-13-12-27(21(28)20(29)25-11-10-24)22(30)15-4-9-18(33-2)19(14-15)34-3/h4-9,14,21H,10-13,24H2,1-3H3,(H,25,29)(H,26,31). The number of carbonyl (C=O) groups is 3. The molecule has 0 bridgehead atoms. The molecule has 1 saturated heterocycles. The van der Waals surface area contributed by atoms with Gasteiger partial charge >= 0.3 is 6.03 Å². The van der Waals surface area contributed by atoms with E-state index < -0.39 is 24.0 Å². The van der Waals surface area contributed by atoms with E-state index in [0.29, 0.717) is 28.5 Å². The van der Waals surface area contributed by atoms with Crippen molar-refractivity contribution >= 4 is 23.5 Å². The van der Waals surface area contributed by atoms with Crippen molar-refractivity contribution in [3.05, 3.63) is 48.0 Å². The molecule has 1 heterocycles. The summed E-state index contributed by atoms with van der Waals surface area (Å²) in [6, 6.07) is 11.0. The van der Waals surface area contributed by atoms with Crippen LogP contribution in [0.2, 0.25) is 0 Å². The maximum absolute atomic E-state index is 13.4. The highest BCUT2D eigenvalue weighted by atomic mass is 16.5. The maximum atomic E-state index is 13.4. The van der Waals surface area contributed by atoms with Crippen LogP contribution in [0.15, 0.2) is 42.5 Å². The summed E-state index contributed by atoms with van der Waals surface area (Å²) >= 11 is 0. The van der Waals surface area contributed by atoms with Crippen LogP contribution in [0.1, 0.15) is 10.4 Å². The van der Waals surface area contributed by atoms with Gasteiger partial charge in [0.2, 0.25) is 0 Å². The average Bonchev–Trinajstić information content (AvgIpc) is 3.32. The Kier molecular flexibility index (Phi) is 8.14. The maximum Gasteiger partial charge on any atom is 0.323 e. The number of ether oxygens (including phenoxy) is 3. The van der Waals surface area contributed by atoms with Crippen LogP contribution < -0.4 is 30.6 Å². The first-order valence-electron chi connectivity index (χ1n) is 10.7. The van der Waals surface area contributed by atoms with E-state index in [9.17, 15) is 14.4 Å². The van der Waals surface area contributed by atoms with Gasteiger partial charge in [0.15, 0.2) is 17.7 Å².